The number of methoxy groups -OCH3 is 1. The summed E-state index contributed by atoms with van der Waals surface area (Å²) in [5.74, 6) is 0.0654. The van der Waals surface area contributed by atoms with E-state index in [1.165, 1.54) is 13.3 Å². The Hall–Kier alpha value is -1.58. The van der Waals surface area contributed by atoms with Crippen molar-refractivity contribution in [3.63, 3.8) is 0 Å². The topological polar surface area (TPSA) is 48.4 Å². The summed E-state index contributed by atoms with van der Waals surface area (Å²) < 4.78 is 10.0. The van der Waals surface area contributed by atoms with Crippen molar-refractivity contribution >= 4 is 5.97 Å². The highest BCUT2D eigenvalue weighted by Crippen LogP contribution is 2.17. The SMILES string of the molecule is COc1ccncc1C(=O)OC(C)C. The molecule has 0 aromatic carbocycles. The third kappa shape index (κ3) is 2.45. The summed E-state index contributed by atoms with van der Waals surface area (Å²) in [6.07, 6.45) is 2.85. The molecule has 76 valence electrons. The summed E-state index contributed by atoms with van der Waals surface area (Å²) in [4.78, 5) is 15.3. The highest BCUT2D eigenvalue weighted by atomic mass is 16.5. The van der Waals surface area contributed by atoms with Crippen LogP contribution >= 0.6 is 0 Å². The van der Waals surface area contributed by atoms with Gasteiger partial charge in [0.05, 0.1) is 13.2 Å². The van der Waals surface area contributed by atoms with Gasteiger partial charge in [-0.15, -0.1) is 0 Å². The molecule has 0 saturated heterocycles. The number of hydrogen-bond donors (Lipinski definition) is 0. The van der Waals surface area contributed by atoms with Crippen LogP contribution in [0, 0.1) is 0 Å². The van der Waals surface area contributed by atoms with Gasteiger partial charge in [0.1, 0.15) is 11.3 Å². The number of ether oxygens (including phenoxy) is 2. The zero-order chi connectivity index (χ0) is 10.6. The molecule has 0 aliphatic heterocycles. The fourth-order valence-corrected chi connectivity index (χ4v) is 0.991. The van der Waals surface area contributed by atoms with Crippen molar-refractivity contribution < 1.29 is 14.3 Å². The van der Waals surface area contributed by atoms with Gasteiger partial charge in [-0.25, -0.2) is 4.79 Å². The van der Waals surface area contributed by atoms with Crippen LogP contribution in [0.4, 0.5) is 0 Å². The van der Waals surface area contributed by atoms with Crippen molar-refractivity contribution in [1.82, 2.24) is 4.98 Å². The second-order valence-corrected chi connectivity index (χ2v) is 3.03. The van der Waals surface area contributed by atoms with Gasteiger partial charge in [-0.2, -0.15) is 0 Å². The van der Waals surface area contributed by atoms with Crippen LogP contribution in [0.2, 0.25) is 0 Å². The van der Waals surface area contributed by atoms with Gasteiger partial charge < -0.3 is 9.47 Å². The zero-order valence-corrected chi connectivity index (χ0v) is 8.48. The van der Waals surface area contributed by atoms with Crippen molar-refractivity contribution in [2.24, 2.45) is 0 Å². The fourth-order valence-electron chi connectivity index (χ4n) is 0.991. The number of carbonyl (C=O) groups is 1. The maximum Gasteiger partial charge on any atom is 0.343 e. The van der Waals surface area contributed by atoms with Crippen molar-refractivity contribution in [3.8, 4) is 5.75 Å². The van der Waals surface area contributed by atoms with E-state index in [1.807, 2.05) is 0 Å². The van der Waals surface area contributed by atoms with Gasteiger partial charge in [-0.3, -0.25) is 4.98 Å². The van der Waals surface area contributed by atoms with Gasteiger partial charge in [-0.05, 0) is 19.9 Å². The predicted molar refractivity (Wildman–Crippen MR) is 51.3 cm³/mol. The van der Waals surface area contributed by atoms with Crippen LogP contribution in [0.25, 0.3) is 0 Å². The smallest absolute Gasteiger partial charge is 0.343 e. The molecule has 0 radical (unpaired) electrons. The summed E-state index contributed by atoms with van der Waals surface area (Å²) in [5.41, 5.74) is 0.351. The van der Waals surface area contributed by atoms with E-state index in [4.69, 9.17) is 9.47 Å². The third-order valence-electron chi connectivity index (χ3n) is 1.56. The van der Waals surface area contributed by atoms with E-state index in [2.05, 4.69) is 4.98 Å². The maximum atomic E-state index is 11.5. The number of nitrogens with zero attached hydrogens (tertiary/aromatic N) is 1. The molecular formula is C10H13NO3. The highest BCUT2D eigenvalue weighted by Gasteiger charge is 2.14. The van der Waals surface area contributed by atoms with E-state index >= 15 is 0 Å². The number of esters is 1. The molecule has 1 aromatic heterocycles. The minimum atomic E-state index is -0.412. The molecule has 4 nitrogen and oxygen atoms in total. The molecule has 0 atom stereocenters. The molecular weight excluding hydrogens is 182 g/mol. The van der Waals surface area contributed by atoms with E-state index in [0.717, 1.165) is 0 Å². The molecule has 0 aliphatic carbocycles. The number of rotatable bonds is 3. The first-order valence-electron chi connectivity index (χ1n) is 4.34. The van der Waals surface area contributed by atoms with E-state index < -0.39 is 5.97 Å². The Labute approximate surface area is 82.9 Å². The van der Waals surface area contributed by atoms with Gasteiger partial charge in [0.15, 0.2) is 0 Å². The van der Waals surface area contributed by atoms with Gasteiger partial charge >= 0.3 is 5.97 Å². The molecule has 0 aliphatic rings. The van der Waals surface area contributed by atoms with E-state index in [0.29, 0.717) is 11.3 Å². The molecule has 4 heteroatoms. The fraction of sp³-hybridized carbons (Fsp3) is 0.400. The lowest BCUT2D eigenvalue weighted by molar-refractivity contribution is 0.0374. The average Bonchev–Trinajstić information content (AvgIpc) is 2.16. The Kier molecular flexibility index (Phi) is 3.45. The van der Waals surface area contributed by atoms with Crippen LogP contribution in [-0.2, 0) is 4.74 Å². The third-order valence-corrected chi connectivity index (χ3v) is 1.56. The maximum absolute atomic E-state index is 11.5. The molecule has 1 aromatic rings. The summed E-state index contributed by atoms with van der Waals surface area (Å²) in [7, 11) is 1.50. The number of pyridine rings is 1. The molecule has 1 heterocycles. The quantitative estimate of drug-likeness (QED) is 0.688. The Balaban J connectivity index is 2.88. The largest absolute Gasteiger partial charge is 0.496 e. The average molecular weight is 195 g/mol. The Morgan fingerprint density at radius 1 is 1.50 bits per heavy atom. The van der Waals surface area contributed by atoms with E-state index in [1.54, 1.807) is 26.1 Å². The molecule has 0 amide bonds. The minimum absolute atomic E-state index is 0.146. The molecule has 14 heavy (non-hydrogen) atoms. The molecule has 0 unspecified atom stereocenters. The van der Waals surface area contributed by atoms with Gasteiger partial charge in [-0.1, -0.05) is 0 Å². The van der Waals surface area contributed by atoms with Crippen LogP contribution in [0.1, 0.15) is 24.2 Å². The Bertz CT molecular complexity index is 323. The summed E-state index contributed by atoms with van der Waals surface area (Å²) in [6, 6.07) is 1.62. The van der Waals surface area contributed by atoms with Crippen LogP contribution in [0.15, 0.2) is 18.5 Å². The van der Waals surface area contributed by atoms with Crippen LogP contribution in [-0.4, -0.2) is 24.2 Å². The van der Waals surface area contributed by atoms with Crippen LogP contribution < -0.4 is 4.74 Å². The first kappa shape index (κ1) is 10.5. The second kappa shape index (κ2) is 4.60. The standard InChI is InChI=1S/C10H13NO3/c1-7(2)14-10(12)8-6-11-5-4-9(8)13-3/h4-7H,1-3H3. The summed E-state index contributed by atoms with van der Waals surface area (Å²) in [5, 5.41) is 0. The summed E-state index contributed by atoms with van der Waals surface area (Å²) >= 11 is 0. The number of aromatic nitrogens is 1. The van der Waals surface area contributed by atoms with Crippen molar-refractivity contribution in [3.05, 3.63) is 24.0 Å². The first-order valence-corrected chi connectivity index (χ1v) is 4.34. The molecule has 0 bridgehead atoms. The predicted octanol–water partition coefficient (Wildman–Crippen LogP) is 1.66. The molecule has 0 saturated carbocycles. The van der Waals surface area contributed by atoms with Crippen LogP contribution in [0.3, 0.4) is 0 Å². The van der Waals surface area contributed by atoms with Gasteiger partial charge in [0.2, 0.25) is 0 Å². The second-order valence-electron chi connectivity index (χ2n) is 3.03. The van der Waals surface area contributed by atoms with Crippen molar-refractivity contribution in [1.29, 1.82) is 0 Å². The number of carbonyl (C=O) groups excluding carboxylic acids is 1. The lowest BCUT2D eigenvalue weighted by Crippen LogP contribution is -2.12. The normalized spacial score (nSPS) is 10.0. The van der Waals surface area contributed by atoms with Gasteiger partial charge in [0, 0.05) is 12.4 Å². The molecule has 0 spiro atoms. The zero-order valence-electron chi connectivity index (χ0n) is 8.48. The Morgan fingerprint density at radius 3 is 2.79 bits per heavy atom. The van der Waals surface area contributed by atoms with Gasteiger partial charge in [0.25, 0.3) is 0 Å². The van der Waals surface area contributed by atoms with E-state index in [-0.39, 0.29) is 6.10 Å². The molecule has 0 N–H and O–H groups in total. The Morgan fingerprint density at radius 2 is 2.21 bits per heavy atom. The number of hydrogen-bond acceptors (Lipinski definition) is 4. The van der Waals surface area contributed by atoms with Crippen molar-refractivity contribution in [2.75, 3.05) is 7.11 Å². The lowest BCUT2D eigenvalue weighted by Gasteiger charge is -2.09. The van der Waals surface area contributed by atoms with Crippen LogP contribution in [0.5, 0.6) is 5.75 Å². The lowest BCUT2D eigenvalue weighted by atomic mass is 10.2. The van der Waals surface area contributed by atoms with Crippen molar-refractivity contribution in [2.45, 2.75) is 20.0 Å². The monoisotopic (exact) mass is 195 g/mol. The summed E-state index contributed by atoms with van der Waals surface area (Å²) in [6.45, 7) is 3.58. The molecule has 0 fully saturated rings. The molecule has 1 rings (SSSR count). The van der Waals surface area contributed by atoms with E-state index in [9.17, 15) is 4.79 Å². The minimum Gasteiger partial charge on any atom is -0.496 e. The first-order chi connectivity index (χ1) is 6.65. The highest BCUT2D eigenvalue weighted by molar-refractivity contribution is 5.92.